The minimum Gasteiger partial charge on any atom is 0 e. The van der Waals surface area contributed by atoms with Crippen molar-refractivity contribution in [2.75, 3.05) is 0 Å². The maximum absolute atomic E-state index is 12.0. The predicted molar refractivity (Wildman–Crippen MR) is 222 cm³/mol. The number of rotatable bonds is 4. The predicted octanol–water partition coefficient (Wildman–Crippen LogP) is 12.5. The van der Waals surface area contributed by atoms with E-state index in [0.717, 1.165) is 54.4 Å². The second-order valence-electron chi connectivity index (χ2n) is 17.4. The number of aromatic hydroxyl groups is 1. The topological polar surface area (TPSA) is 46.0 Å². The van der Waals surface area contributed by atoms with Crippen LogP contribution in [0.3, 0.4) is 0 Å². The van der Waals surface area contributed by atoms with Gasteiger partial charge in [0.1, 0.15) is 0 Å². The number of pyridine rings is 1. The summed E-state index contributed by atoms with van der Waals surface area (Å²) in [5.41, 5.74) is 13.7. The number of phenolic OH excluding ortho intramolecular Hbond substituents is 1. The molecule has 0 atom stereocenters. The summed E-state index contributed by atoms with van der Waals surface area (Å²) in [7, 11) is 0. The Balaban J connectivity index is 0.00000481. The van der Waals surface area contributed by atoms with E-state index in [4.69, 9.17) is 9.97 Å². The molecular formula is C48H49N2OPtSe-. The van der Waals surface area contributed by atoms with E-state index in [0.29, 0.717) is 5.75 Å². The molecule has 0 saturated carbocycles. The fraction of sp³-hybridized carbons (Fsp3) is 0.292. The van der Waals surface area contributed by atoms with Crippen LogP contribution in [0.1, 0.15) is 90.1 Å². The van der Waals surface area contributed by atoms with Gasteiger partial charge in [-0.05, 0) is 0 Å². The molecule has 53 heavy (non-hydrogen) atoms. The van der Waals surface area contributed by atoms with Crippen LogP contribution < -0.4 is 0 Å². The van der Waals surface area contributed by atoms with Gasteiger partial charge in [0.15, 0.2) is 0 Å². The van der Waals surface area contributed by atoms with E-state index in [9.17, 15) is 5.11 Å². The Morgan fingerprint density at radius 2 is 1.26 bits per heavy atom. The molecule has 0 bridgehead atoms. The Bertz CT molecular complexity index is 2480. The van der Waals surface area contributed by atoms with Gasteiger partial charge in [-0.15, -0.1) is 0 Å². The van der Waals surface area contributed by atoms with E-state index in [-0.39, 0.29) is 51.8 Å². The fourth-order valence-electron chi connectivity index (χ4n) is 7.19. The molecule has 2 aromatic heterocycles. The first kappa shape index (κ1) is 38.9. The van der Waals surface area contributed by atoms with Crippen LogP contribution in [-0.2, 0) is 37.3 Å². The zero-order valence-electron chi connectivity index (χ0n) is 32.7. The number of nitrogens with zero attached hydrogens (tertiary/aromatic N) is 2. The van der Waals surface area contributed by atoms with Crippen LogP contribution in [0, 0.1) is 19.9 Å². The number of fused-ring (bicyclic) bond motifs is 2. The Morgan fingerprint density at radius 1 is 0.642 bits per heavy atom. The third-order valence-electron chi connectivity index (χ3n) is 10.3. The summed E-state index contributed by atoms with van der Waals surface area (Å²) in [5.74, 6) is 0.342. The summed E-state index contributed by atoms with van der Waals surface area (Å²) in [4.78, 5) is 10.5. The molecule has 3 nitrogen and oxygen atoms in total. The van der Waals surface area contributed by atoms with Gasteiger partial charge >= 0.3 is 317 Å². The quantitative estimate of drug-likeness (QED) is 0.141. The average molecular weight is 944 g/mol. The molecule has 7 rings (SSSR count). The van der Waals surface area contributed by atoms with Gasteiger partial charge in [-0.25, -0.2) is 0 Å². The molecule has 0 aliphatic heterocycles. The Morgan fingerprint density at radius 3 is 1.92 bits per heavy atom. The molecule has 5 heteroatoms. The van der Waals surface area contributed by atoms with Crippen LogP contribution in [0.5, 0.6) is 5.75 Å². The van der Waals surface area contributed by atoms with E-state index in [1.807, 2.05) is 6.20 Å². The van der Waals surface area contributed by atoms with Crippen molar-refractivity contribution in [3.05, 3.63) is 125 Å². The number of phenols is 1. The normalized spacial score (nSPS) is 12.4. The van der Waals surface area contributed by atoms with Crippen LogP contribution >= 0.6 is 0 Å². The number of hydrogen-bond acceptors (Lipinski definition) is 3. The van der Waals surface area contributed by atoms with Crippen LogP contribution in [0.15, 0.2) is 91.1 Å². The van der Waals surface area contributed by atoms with Gasteiger partial charge in [-0.1, -0.05) is 0 Å². The number of aryl methyl sites for hydroxylation is 2. The van der Waals surface area contributed by atoms with E-state index >= 15 is 0 Å². The van der Waals surface area contributed by atoms with Crippen molar-refractivity contribution in [1.82, 2.24) is 9.97 Å². The van der Waals surface area contributed by atoms with Crippen LogP contribution in [0.25, 0.3) is 64.2 Å². The fourth-order valence-corrected chi connectivity index (χ4v) is 9.55. The second-order valence-corrected chi connectivity index (χ2v) is 19.5. The van der Waals surface area contributed by atoms with Gasteiger partial charge < -0.3 is 0 Å². The molecule has 0 saturated heterocycles. The van der Waals surface area contributed by atoms with Gasteiger partial charge in [0.25, 0.3) is 0 Å². The van der Waals surface area contributed by atoms with Crippen molar-refractivity contribution in [3.63, 3.8) is 0 Å². The van der Waals surface area contributed by atoms with Crippen molar-refractivity contribution in [2.24, 2.45) is 0 Å². The Hall–Kier alpha value is -3.81. The monoisotopic (exact) mass is 944 g/mol. The standard InChI is InChI=1S/C48H49N2OSe.Pt/c1-28-15-14-16-29(2)40(28)37-20-19-36(31-23-32(25-33(24-31)46(3,4)5)41-35-18-13-12-17-30(35)21-22-49-41)42-44(37)52-45(50-42)38-26-34(47(6,7)8)27-39(43(38)51)48(9,10)11;/h12-22,24-27,51H,1-11H3;/q-1;. The minimum atomic E-state index is -0.234. The van der Waals surface area contributed by atoms with Crippen molar-refractivity contribution < 1.29 is 26.2 Å². The second kappa shape index (κ2) is 14.1. The van der Waals surface area contributed by atoms with Crippen molar-refractivity contribution >= 4 is 35.1 Å². The third kappa shape index (κ3) is 7.36. The zero-order chi connectivity index (χ0) is 37.3. The number of aromatic nitrogens is 2. The van der Waals surface area contributed by atoms with Gasteiger partial charge in [-0.3, -0.25) is 0 Å². The van der Waals surface area contributed by atoms with E-state index in [1.54, 1.807) is 0 Å². The van der Waals surface area contributed by atoms with Gasteiger partial charge in [0, 0.05) is 21.1 Å². The number of hydrogen-bond donors (Lipinski definition) is 1. The molecule has 274 valence electrons. The van der Waals surface area contributed by atoms with Crippen LogP contribution in [0.4, 0.5) is 0 Å². The molecule has 0 aliphatic carbocycles. The van der Waals surface area contributed by atoms with Crippen molar-refractivity contribution in [1.29, 1.82) is 0 Å². The molecule has 1 N–H and O–H groups in total. The van der Waals surface area contributed by atoms with Gasteiger partial charge in [0.2, 0.25) is 0 Å². The largest absolute Gasteiger partial charge is 0 e. The van der Waals surface area contributed by atoms with Gasteiger partial charge in [-0.2, -0.15) is 0 Å². The molecule has 0 unspecified atom stereocenters. The van der Waals surface area contributed by atoms with Crippen molar-refractivity contribution in [3.8, 4) is 49.4 Å². The summed E-state index contributed by atoms with van der Waals surface area (Å²) in [5, 5.41) is 14.3. The van der Waals surface area contributed by atoms with Gasteiger partial charge in [0.05, 0.1) is 0 Å². The summed E-state index contributed by atoms with van der Waals surface area (Å²) in [6.07, 6.45) is 1.90. The van der Waals surface area contributed by atoms with Crippen molar-refractivity contribution in [2.45, 2.75) is 92.4 Å². The first-order valence-electron chi connectivity index (χ1n) is 18.2. The molecule has 0 aliphatic rings. The molecular weight excluding hydrogens is 895 g/mol. The molecule has 0 fully saturated rings. The maximum Gasteiger partial charge on any atom is 0 e. The molecule has 0 radical (unpaired) electrons. The van der Waals surface area contributed by atoms with E-state index in [2.05, 4.69) is 167 Å². The first-order valence-corrected chi connectivity index (χ1v) is 19.9. The summed E-state index contributed by atoms with van der Waals surface area (Å²) >= 11 is -0.166. The summed E-state index contributed by atoms with van der Waals surface area (Å²) in [6.45, 7) is 24.4. The van der Waals surface area contributed by atoms with Crippen LogP contribution in [0.2, 0.25) is 0 Å². The smallest absolute Gasteiger partial charge is 0 e. The first-order chi connectivity index (χ1) is 24.4. The summed E-state index contributed by atoms with van der Waals surface area (Å²) in [6, 6.07) is 34.3. The van der Waals surface area contributed by atoms with E-state index < -0.39 is 0 Å². The third-order valence-corrected chi connectivity index (χ3v) is 12.6. The maximum atomic E-state index is 12.0. The van der Waals surface area contributed by atoms with Crippen LogP contribution in [-0.4, -0.2) is 29.6 Å². The molecule has 0 amide bonds. The number of benzene rings is 5. The molecule has 7 aromatic rings. The van der Waals surface area contributed by atoms with E-state index in [1.165, 1.54) is 37.6 Å². The molecule has 5 aromatic carbocycles. The Labute approximate surface area is 336 Å². The molecule has 2 heterocycles. The molecule has 0 spiro atoms. The minimum absolute atomic E-state index is 0. The summed E-state index contributed by atoms with van der Waals surface area (Å²) < 4.78 is 2.20. The average Bonchev–Trinajstić information content (AvgIpc) is 3.52. The Kier molecular flexibility index (Phi) is 10.4. The SMILES string of the molecule is Cc1cccc(C)c1-c1ccc(-c2[c-]c(-c3nccc4ccccc34)cc(C(C)(C)C)c2)c2nc(-c3cc(C(C)(C)C)cc(C(C)(C)C)c3O)[se]c12.[Pt]. The zero-order valence-corrected chi connectivity index (χ0v) is 36.7.